The molecule has 0 amide bonds. The molecule has 0 radical (unpaired) electrons. The third-order valence-corrected chi connectivity index (χ3v) is 3.27. The van der Waals surface area contributed by atoms with Crippen LogP contribution in [0.25, 0.3) is 16.9 Å². The van der Waals surface area contributed by atoms with Crippen molar-refractivity contribution in [3.05, 3.63) is 63.2 Å². The van der Waals surface area contributed by atoms with Crippen molar-refractivity contribution in [1.29, 1.82) is 0 Å². The number of carboxylic acid groups (broad SMARTS) is 1. The smallest absolute Gasteiger partial charge is 0.341 e. The normalized spacial score (nSPS) is 10.9. The number of hydrogen-bond acceptors (Lipinski definition) is 4. The summed E-state index contributed by atoms with van der Waals surface area (Å²) in [4.78, 5) is 30.9. The topological polar surface area (TPSA) is 85.1 Å². The Hall–Kier alpha value is -2.87. The minimum Gasteiger partial charge on any atom is -0.477 e. The van der Waals surface area contributed by atoms with Crippen molar-refractivity contribution in [2.75, 3.05) is 0 Å². The summed E-state index contributed by atoms with van der Waals surface area (Å²) in [5.41, 5.74) is -1.49. The van der Waals surface area contributed by atoms with Gasteiger partial charge < -0.3 is 5.11 Å². The predicted molar refractivity (Wildman–Crippen MR) is 77.0 cm³/mol. The molecule has 23 heavy (non-hydrogen) atoms. The number of rotatable bonds is 2. The van der Waals surface area contributed by atoms with Crippen LogP contribution in [0.1, 0.15) is 10.4 Å². The van der Waals surface area contributed by atoms with Gasteiger partial charge in [0.2, 0.25) is 5.43 Å². The summed E-state index contributed by atoms with van der Waals surface area (Å²) < 4.78 is 28.0. The molecule has 9 heteroatoms. The lowest BCUT2D eigenvalue weighted by Crippen LogP contribution is -2.20. The lowest BCUT2D eigenvalue weighted by Gasteiger charge is -2.11. The first-order chi connectivity index (χ1) is 10.9. The van der Waals surface area contributed by atoms with Crippen LogP contribution in [0.3, 0.4) is 0 Å². The number of fused-ring (bicyclic) bond motifs is 1. The molecule has 0 fully saturated rings. The fourth-order valence-electron chi connectivity index (χ4n) is 2.08. The van der Waals surface area contributed by atoms with Crippen molar-refractivity contribution in [3.63, 3.8) is 0 Å². The van der Waals surface area contributed by atoms with E-state index in [1.54, 1.807) is 0 Å². The first kappa shape index (κ1) is 15.0. The molecule has 0 atom stereocenters. The van der Waals surface area contributed by atoms with Gasteiger partial charge in [-0.2, -0.15) is 0 Å². The van der Waals surface area contributed by atoms with Crippen LogP contribution < -0.4 is 5.43 Å². The highest BCUT2D eigenvalue weighted by Crippen LogP contribution is 2.19. The Morgan fingerprint density at radius 2 is 2.04 bits per heavy atom. The van der Waals surface area contributed by atoms with Gasteiger partial charge in [-0.05, 0) is 12.1 Å². The monoisotopic (exact) mass is 337 g/mol. The third kappa shape index (κ3) is 2.53. The van der Waals surface area contributed by atoms with E-state index in [9.17, 15) is 18.4 Å². The molecule has 0 spiro atoms. The average Bonchev–Trinajstić information content (AvgIpc) is 2.48. The number of halogens is 3. The van der Waals surface area contributed by atoms with Crippen LogP contribution >= 0.6 is 11.6 Å². The van der Waals surface area contributed by atoms with Crippen LogP contribution in [0.5, 0.6) is 0 Å². The molecule has 0 unspecified atom stereocenters. The van der Waals surface area contributed by atoms with Crippen molar-refractivity contribution in [1.82, 2.24) is 14.5 Å². The van der Waals surface area contributed by atoms with E-state index in [1.165, 1.54) is 12.1 Å². The lowest BCUT2D eigenvalue weighted by molar-refractivity contribution is 0.0695. The Morgan fingerprint density at radius 1 is 1.30 bits per heavy atom. The van der Waals surface area contributed by atoms with Crippen molar-refractivity contribution in [2.45, 2.75) is 0 Å². The minimum absolute atomic E-state index is 0.0104. The number of hydrogen-bond donors (Lipinski definition) is 1. The molecule has 3 aromatic rings. The van der Waals surface area contributed by atoms with E-state index >= 15 is 0 Å². The fourth-order valence-corrected chi connectivity index (χ4v) is 2.22. The standard InChI is InChI=1S/C14H6ClF2N3O3/c15-10-2-1-7-11(21)8(14(22)23)5-20(12(7)19-10)13-9(17)3-6(16)4-18-13/h1-5H,(H,22,23). The SMILES string of the molecule is O=C(O)c1cn(-c2ncc(F)cc2F)c2nc(Cl)ccc2c1=O. The molecule has 3 rings (SSSR count). The van der Waals surface area contributed by atoms with Crippen LogP contribution in [-0.4, -0.2) is 25.6 Å². The van der Waals surface area contributed by atoms with E-state index in [1.807, 2.05) is 0 Å². The van der Waals surface area contributed by atoms with Gasteiger partial charge in [-0.25, -0.2) is 23.5 Å². The maximum absolute atomic E-state index is 14.0. The number of aromatic carboxylic acids is 1. The first-order valence-corrected chi connectivity index (χ1v) is 6.53. The first-order valence-electron chi connectivity index (χ1n) is 6.15. The van der Waals surface area contributed by atoms with Crippen molar-refractivity contribution in [2.24, 2.45) is 0 Å². The summed E-state index contributed by atoms with van der Waals surface area (Å²) in [5.74, 6) is -3.86. The second kappa shape index (κ2) is 5.40. The number of nitrogens with zero attached hydrogens (tertiary/aromatic N) is 3. The summed E-state index contributed by atoms with van der Waals surface area (Å²) in [6, 6.07) is 3.16. The van der Waals surface area contributed by atoms with Crippen LogP contribution in [0.15, 0.2) is 35.4 Å². The maximum Gasteiger partial charge on any atom is 0.341 e. The highest BCUT2D eigenvalue weighted by Gasteiger charge is 2.19. The predicted octanol–water partition coefficient (Wildman–Crippen LogP) is 2.41. The van der Waals surface area contributed by atoms with E-state index in [-0.39, 0.29) is 16.2 Å². The highest BCUT2D eigenvalue weighted by molar-refractivity contribution is 6.29. The van der Waals surface area contributed by atoms with Gasteiger partial charge in [-0.1, -0.05) is 11.6 Å². The van der Waals surface area contributed by atoms with Crippen LogP contribution in [-0.2, 0) is 0 Å². The zero-order valence-corrected chi connectivity index (χ0v) is 11.9. The fraction of sp³-hybridized carbons (Fsp3) is 0. The molecule has 3 heterocycles. The summed E-state index contributed by atoms with van der Waals surface area (Å²) in [5, 5.41) is 9.06. The second-order valence-corrected chi connectivity index (χ2v) is 4.90. The van der Waals surface area contributed by atoms with E-state index < -0.39 is 34.4 Å². The molecule has 116 valence electrons. The molecular formula is C14H6ClF2N3O3. The summed E-state index contributed by atoms with van der Waals surface area (Å²) in [6.45, 7) is 0. The zero-order valence-electron chi connectivity index (χ0n) is 11.1. The Morgan fingerprint density at radius 3 is 2.70 bits per heavy atom. The average molecular weight is 338 g/mol. The van der Waals surface area contributed by atoms with Crippen LogP contribution in [0, 0.1) is 11.6 Å². The van der Waals surface area contributed by atoms with Crippen molar-refractivity contribution in [3.8, 4) is 5.82 Å². The van der Waals surface area contributed by atoms with Crippen LogP contribution in [0.4, 0.5) is 8.78 Å². The van der Waals surface area contributed by atoms with Gasteiger partial charge >= 0.3 is 5.97 Å². The Kier molecular flexibility index (Phi) is 3.53. The van der Waals surface area contributed by atoms with Gasteiger partial charge in [0.25, 0.3) is 0 Å². The Bertz CT molecular complexity index is 1020. The minimum atomic E-state index is -1.50. The second-order valence-electron chi connectivity index (χ2n) is 4.51. The van der Waals surface area contributed by atoms with E-state index in [4.69, 9.17) is 16.7 Å². The van der Waals surface area contributed by atoms with Gasteiger partial charge in [0.15, 0.2) is 17.3 Å². The van der Waals surface area contributed by atoms with Gasteiger partial charge in [0.1, 0.15) is 16.5 Å². The van der Waals surface area contributed by atoms with Gasteiger partial charge in [0, 0.05) is 12.3 Å². The molecule has 1 N–H and O–H groups in total. The van der Waals surface area contributed by atoms with Crippen molar-refractivity contribution >= 4 is 28.6 Å². The van der Waals surface area contributed by atoms with E-state index in [2.05, 4.69) is 9.97 Å². The largest absolute Gasteiger partial charge is 0.477 e. The Labute approximate surface area is 131 Å². The Balaban J connectivity index is 2.48. The molecule has 0 saturated carbocycles. The quantitative estimate of drug-likeness (QED) is 0.726. The molecule has 0 bridgehead atoms. The summed E-state index contributed by atoms with van der Waals surface area (Å²) in [7, 11) is 0. The lowest BCUT2D eigenvalue weighted by atomic mass is 10.2. The molecule has 6 nitrogen and oxygen atoms in total. The van der Waals surface area contributed by atoms with E-state index in [0.29, 0.717) is 6.07 Å². The zero-order chi connectivity index (χ0) is 16.7. The van der Waals surface area contributed by atoms with Gasteiger partial charge in [-0.15, -0.1) is 0 Å². The number of carboxylic acids is 1. The number of pyridine rings is 3. The van der Waals surface area contributed by atoms with E-state index in [0.717, 1.165) is 17.0 Å². The molecule has 0 aromatic carbocycles. The molecule has 0 aliphatic rings. The number of aromatic nitrogens is 3. The molecule has 0 aliphatic heterocycles. The number of carbonyl (C=O) groups is 1. The van der Waals surface area contributed by atoms with Gasteiger partial charge in [-0.3, -0.25) is 9.36 Å². The molecule has 0 saturated heterocycles. The van der Waals surface area contributed by atoms with Gasteiger partial charge in [0.05, 0.1) is 11.6 Å². The maximum atomic E-state index is 14.0. The highest BCUT2D eigenvalue weighted by atomic mass is 35.5. The molecular weight excluding hydrogens is 332 g/mol. The summed E-state index contributed by atoms with van der Waals surface area (Å²) >= 11 is 5.78. The van der Waals surface area contributed by atoms with Crippen molar-refractivity contribution < 1.29 is 18.7 Å². The molecule has 3 aromatic heterocycles. The third-order valence-electron chi connectivity index (χ3n) is 3.06. The molecule has 0 aliphatic carbocycles. The van der Waals surface area contributed by atoms with Crippen LogP contribution in [0.2, 0.25) is 5.15 Å². The summed E-state index contributed by atoms with van der Waals surface area (Å²) in [6.07, 6.45) is 1.63.